The van der Waals surface area contributed by atoms with Crippen LogP contribution in [-0.4, -0.2) is 33.5 Å². The summed E-state index contributed by atoms with van der Waals surface area (Å²) >= 11 is 0. The molecule has 0 aromatic carbocycles. The van der Waals surface area contributed by atoms with Gasteiger partial charge in [0, 0.05) is 49.1 Å². The fourth-order valence-electron chi connectivity index (χ4n) is 3.41. The molecule has 1 fully saturated rings. The van der Waals surface area contributed by atoms with Crippen molar-refractivity contribution in [2.24, 2.45) is 13.0 Å². The van der Waals surface area contributed by atoms with Gasteiger partial charge < -0.3 is 14.8 Å². The molecule has 0 bridgehead atoms. The second-order valence-electron chi connectivity index (χ2n) is 7.52. The number of methoxy groups -OCH3 is 1. The lowest BCUT2D eigenvalue weighted by molar-refractivity contribution is 0.278. The molecule has 3 aromatic rings. The smallest absolute Gasteiger partial charge is 0.290 e. The Bertz CT molecular complexity index is 1080. The summed E-state index contributed by atoms with van der Waals surface area (Å²) in [4.78, 5) is 21.0. The Hall–Kier alpha value is -3.42. The summed E-state index contributed by atoms with van der Waals surface area (Å²) in [6.45, 7) is 3.00. The number of pyridine rings is 2. The van der Waals surface area contributed by atoms with Crippen molar-refractivity contribution in [3.05, 3.63) is 70.0 Å². The predicted octanol–water partition coefficient (Wildman–Crippen LogP) is 2.68. The van der Waals surface area contributed by atoms with E-state index in [1.54, 1.807) is 32.6 Å². The van der Waals surface area contributed by atoms with E-state index in [1.165, 1.54) is 4.68 Å². The molecule has 0 aliphatic heterocycles. The highest BCUT2D eigenvalue weighted by atomic mass is 16.5. The molecule has 0 radical (unpaired) electrons. The molecule has 1 aliphatic carbocycles. The van der Waals surface area contributed by atoms with Crippen LogP contribution in [0.4, 0.5) is 5.69 Å². The van der Waals surface area contributed by atoms with Crippen molar-refractivity contribution in [2.45, 2.75) is 25.8 Å². The monoisotopic (exact) mass is 407 g/mol. The Balaban J connectivity index is 1.37. The lowest BCUT2D eigenvalue weighted by Crippen LogP contribution is -2.24. The van der Waals surface area contributed by atoms with Gasteiger partial charge in [-0.25, -0.2) is 4.68 Å². The van der Waals surface area contributed by atoms with Crippen LogP contribution < -0.4 is 20.3 Å². The Morgan fingerprint density at radius 1 is 1.23 bits per heavy atom. The fourth-order valence-corrected chi connectivity index (χ4v) is 3.41. The zero-order valence-corrected chi connectivity index (χ0v) is 17.3. The number of hydrogen-bond acceptors (Lipinski definition) is 7. The topological polar surface area (TPSA) is 91.2 Å². The summed E-state index contributed by atoms with van der Waals surface area (Å²) in [6, 6.07) is 9.49. The van der Waals surface area contributed by atoms with Crippen molar-refractivity contribution in [1.82, 2.24) is 19.7 Å². The van der Waals surface area contributed by atoms with E-state index in [2.05, 4.69) is 20.4 Å². The van der Waals surface area contributed by atoms with Gasteiger partial charge in [0.2, 0.25) is 5.88 Å². The van der Waals surface area contributed by atoms with Crippen LogP contribution in [-0.2, 0) is 13.6 Å². The van der Waals surface area contributed by atoms with Crippen molar-refractivity contribution in [3.63, 3.8) is 0 Å². The number of aryl methyl sites for hydroxylation is 2. The summed E-state index contributed by atoms with van der Waals surface area (Å²) in [5.74, 6) is 1.96. The van der Waals surface area contributed by atoms with Crippen LogP contribution >= 0.6 is 0 Å². The van der Waals surface area contributed by atoms with Crippen molar-refractivity contribution < 1.29 is 9.47 Å². The van der Waals surface area contributed by atoms with Gasteiger partial charge in [0.05, 0.1) is 19.9 Å². The summed E-state index contributed by atoms with van der Waals surface area (Å²) in [5, 5.41) is 7.41. The molecule has 1 saturated carbocycles. The van der Waals surface area contributed by atoms with E-state index in [1.807, 2.05) is 31.2 Å². The number of aromatic nitrogens is 4. The molecule has 3 heterocycles. The normalized spacial score (nSPS) is 17.4. The minimum Gasteiger partial charge on any atom is -0.495 e. The van der Waals surface area contributed by atoms with Gasteiger partial charge in [0.1, 0.15) is 11.4 Å². The van der Waals surface area contributed by atoms with E-state index in [9.17, 15) is 4.79 Å². The van der Waals surface area contributed by atoms with Gasteiger partial charge in [-0.15, -0.1) is 5.10 Å². The number of rotatable bonds is 8. The number of ether oxygens (including phenoxy) is 2. The van der Waals surface area contributed by atoms with E-state index in [-0.39, 0.29) is 5.56 Å². The highest BCUT2D eigenvalue weighted by Crippen LogP contribution is 2.46. The van der Waals surface area contributed by atoms with Gasteiger partial charge in [-0.05, 0) is 43.2 Å². The van der Waals surface area contributed by atoms with Gasteiger partial charge in [-0.1, -0.05) is 0 Å². The quantitative estimate of drug-likeness (QED) is 0.614. The van der Waals surface area contributed by atoms with Crippen LogP contribution in [0.2, 0.25) is 0 Å². The molecule has 0 saturated heterocycles. The van der Waals surface area contributed by atoms with E-state index in [4.69, 9.17) is 9.47 Å². The lowest BCUT2D eigenvalue weighted by Gasteiger charge is -2.11. The third-order valence-corrected chi connectivity index (χ3v) is 5.23. The molecule has 156 valence electrons. The summed E-state index contributed by atoms with van der Waals surface area (Å²) in [6.07, 6.45) is 4.52. The zero-order chi connectivity index (χ0) is 21.1. The third-order valence-electron chi connectivity index (χ3n) is 5.23. The maximum absolute atomic E-state index is 12.4. The van der Waals surface area contributed by atoms with Crippen LogP contribution in [0.15, 0.2) is 47.5 Å². The van der Waals surface area contributed by atoms with Crippen LogP contribution in [0.3, 0.4) is 0 Å². The molecule has 1 unspecified atom stereocenters. The van der Waals surface area contributed by atoms with Crippen molar-refractivity contribution >= 4 is 5.69 Å². The molecule has 0 spiro atoms. The summed E-state index contributed by atoms with van der Waals surface area (Å²) in [5.41, 5.74) is 3.30. The predicted molar refractivity (Wildman–Crippen MR) is 113 cm³/mol. The SMILES string of the molecule is COc1ccc([C@@H]2CC2COc2cc(NCc3ccnc(C)c3)c(=O)n(C)n2)nc1. The second-order valence-corrected chi connectivity index (χ2v) is 7.52. The third kappa shape index (κ3) is 4.59. The number of anilines is 1. The standard InChI is InChI=1S/C22H25N5O3/c1-14-8-15(6-7-23-14)11-24-20-10-21(26-27(2)22(20)28)30-13-16-9-18(16)19-5-4-17(29-3)12-25-19/h4-8,10,12,16,18,24H,9,11,13H2,1-3H3/t16?,18-/m1/s1. The Kier molecular flexibility index (Phi) is 5.65. The first-order chi connectivity index (χ1) is 14.5. The van der Waals surface area contributed by atoms with Gasteiger partial charge in [0.15, 0.2) is 0 Å². The minimum atomic E-state index is -0.195. The molecule has 3 aromatic heterocycles. The molecule has 1 N–H and O–H groups in total. The molecule has 30 heavy (non-hydrogen) atoms. The van der Waals surface area contributed by atoms with Crippen LogP contribution in [0, 0.1) is 12.8 Å². The van der Waals surface area contributed by atoms with Crippen molar-refractivity contribution in [1.29, 1.82) is 0 Å². The number of nitrogens with one attached hydrogen (secondary N) is 1. The summed E-state index contributed by atoms with van der Waals surface area (Å²) < 4.78 is 12.4. The van der Waals surface area contributed by atoms with E-state index in [0.29, 0.717) is 36.6 Å². The summed E-state index contributed by atoms with van der Waals surface area (Å²) in [7, 11) is 3.25. The van der Waals surface area contributed by atoms with Gasteiger partial charge in [-0.2, -0.15) is 0 Å². The molecule has 8 nitrogen and oxygen atoms in total. The largest absolute Gasteiger partial charge is 0.495 e. The first-order valence-corrected chi connectivity index (χ1v) is 9.90. The van der Waals surface area contributed by atoms with Crippen LogP contribution in [0.1, 0.15) is 29.3 Å². The van der Waals surface area contributed by atoms with Gasteiger partial charge >= 0.3 is 0 Å². The van der Waals surface area contributed by atoms with Crippen molar-refractivity contribution in [3.8, 4) is 11.6 Å². The zero-order valence-electron chi connectivity index (χ0n) is 17.3. The van der Waals surface area contributed by atoms with Gasteiger partial charge in [0.25, 0.3) is 5.56 Å². The Morgan fingerprint density at radius 2 is 2.10 bits per heavy atom. The first kappa shape index (κ1) is 19.9. The molecular formula is C22H25N5O3. The molecule has 0 amide bonds. The number of nitrogens with zero attached hydrogens (tertiary/aromatic N) is 4. The van der Waals surface area contributed by atoms with Gasteiger partial charge in [-0.3, -0.25) is 14.8 Å². The Morgan fingerprint density at radius 3 is 2.83 bits per heavy atom. The fraction of sp³-hybridized carbons (Fsp3) is 0.364. The average molecular weight is 407 g/mol. The molecular weight excluding hydrogens is 382 g/mol. The van der Waals surface area contributed by atoms with Crippen LogP contribution in [0.5, 0.6) is 11.6 Å². The maximum atomic E-state index is 12.4. The molecule has 1 aliphatic rings. The van der Waals surface area contributed by atoms with E-state index < -0.39 is 0 Å². The van der Waals surface area contributed by atoms with Crippen molar-refractivity contribution in [2.75, 3.05) is 19.0 Å². The second kappa shape index (κ2) is 8.52. The highest BCUT2D eigenvalue weighted by molar-refractivity contribution is 5.44. The average Bonchev–Trinajstić information content (AvgIpc) is 3.53. The molecule has 2 atom stereocenters. The van der Waals surface area contributed by atoms with E-state index >= 15 is 0 Å². The lowest BCUT2D eigenvalue weighted by atomic mass is 10.2. The number of hydrogen-bond donors (Lipinski definition) is 1. The molecule has 4 rings (SSSR count). The minimum absolute atomic E-state index is 0.195. The first-order valence-electron chi connectivity index (χ1n) is 9.90. The highest BCUT2D eigenvalue weighted by Gasteiger charge is 2.40. The van der Waals surface area contributed by atoms with Crippen LogP contribution in [0.25, 0.3) is 0 Å². The Labute approximate surface area is 174 Å². The molecule has 8 heteroatoms. The maximum Gasteiger partial charge on any atom is 0.290 e. The van der Waals surface area contributed by atoms with E-state index in [0.717, 1.165) is 29.1 Å².